The van der Waals surface area contributed by atoms with E-state index in [1.165, 1.54) is 103 Å². The topological polar surface area (TPSA) is 8.17 Å². The maximum atomic E-state index is 2.47. The quantitative estimate of drug-likeness (QED) is 0.138. The summed E-state index contributed by atoms with van der Waals surface area (Å²) < 4.78 is 2.47. The maximum Gasteiger partial charge on any atom is 0.101 e. The summed E-state index contributed by atoms with van der Waals surface area (Å²) in [6.07, 6.45) is 0. The van der Waals surface area contributed by atoms with Gasteiger partial charge in [-0.25, -0.2) is 0 Å². The molecule has 0 saturated heterocycles. The van der Waals surface area contributed by atoms with Gasteiger partial charge in [0.15, 0.2) is 0 Å². The van der Waals surface area contributed by atoms with Gasteiger partial charge in [-0.15, -0.1) is 11.3 Å². The summed E-state index contributed by atoms with van der Waals surface area (Å²) in [5, 5.41) is 8.59. The van der Waals surface area contributed by atoms with Crippen molar-refractivity contribution in [3.8, 4) is 38.4 Å². The van der Waals surface area contributed by atoms with E-state index in [1.54, 1.807) is 0 Å². The Morgan fingerprint density at radius 3 is 1.73 bits per heavy atom. The highest BCUT2D eigenvalue weighted by Gasteiger charge is 2.46. The Morgan fingerprint density at radius 2 is 0.957 bits per heavy atom. The van der Waals surface area contributed by atoms with E-state index in [4.69, 9.17) is 0 Å². The molecule has 0 aliphatic heterocycles. The van der Waals surface area contributed by atoms with Crippen molar-refractivity contribution in [2.24, 2.45) is 0 Å². The average molecular weight is 909 g/mol. The van der Waals surface area contributed by atoms with Crippen LogP contribution in [0.1, 0.15) is 22.3 Å². The molecule has 0 bridgehead atoms. The molecule has 3 heteroatoms. The van der Waals surface area contributed by atoms with Crippen LogP contribution >= 0.6 is 11.3 Å². The van der Waals surface area contributed by atoms with Crippen molar-refractivity contribution < 1.29 is 0 Å². The van der Waals surface area contributed by atoms with Crippen LogP contribution in [0.4, 0.5) is 16.4 Å². The van der Waals surface area contributed by atoms with Gasteiger partial charge >= 0.3 is 0 Å². The number of hydrogen-bond acceptors (Lipinski definition) is 2. The number of nitrogens with zero attached hydrogens (tertiary/aromatic N) is 2. The third-order valence-corrected chi connectivity index (χ3v) is 15.8. The molecular weight excluding hydrogens is 865 g/mol. The van der Waals surface area contributed by atoms with Crippen LogP contribution < -0.4 is 4.90 Å². The Balaban J connectivity index is 0.901. The molecule has 0 saturated carbocycles. The van der Waals surface area contributed by atoms with E-state index in [1.807, 2.05) is 11.3 Å². The van der Waals surface area contributed by atoms with Crippen LogP contribution in [0, 0.1) is 0 Å². The molecule has 2 heterocycles. The standard InChI is InChI=1S/C67H44N2S/c1-4-18-46(19-5-1)65-40-41-66(70-65)69(64-43-48-20-10-11-25-53(48)54-26-12-13-28-57(54)64)51-35-32-45(33-36-51)47-34-39-63-59(42-47)58-29-15-17-31-62(58)68(63)52-37-38-56-55-27-14-16-30-60(55)67(61(56)44-52,49-21-6-2-7-22-49)50-23-8-3-9-24-50/h1-44H. The van der Waals surface area contributed by atoms with Crippen molar-refractivity contribution in [1.29, 1.82) is 0 Å². The number of aromatic nitrogens is 1. The lowest BCUT2D eigenvalue weighted by Gasteiger charge is -2.34. The summed E-state index contributed by atoms with van der Waals surface area (Å²) in [7, 11) is 0. The second kappa shape index (κ2) is 16.2. The highest BCUT2D eigenvalue weighted by Crippen LogP contribution is 2.57. The molecular formula is C67H44N2S. The minimum absolute atomic E-state index is 0.479. The molecule has 13 aromatic rings. The predicted octanol–water partition coefficient (Wildman–Crippen LogP) is 18.3. The molecule has 0 radical (unpaired) electrons. The fourth-order valence-corrected chi connectivity index (χ4v) is 12.7. The number of rotatable bonds is 8. The summed E-state index contributed by atoms with van der Waals surface area (Å²) in [4.78, 5) is 3.69. The summed E-state index contributed by atoms with van der Waals surface area (Å²) in [5.41, 5.74) is 16.6. The Kier molecular flexibility index (Phi) is 9.33. The fourth-order valence-electron chi connectivity index (χ4n) is 11.6. The Bertz CT molecular complexity index is 4070. The van der Waals surface area contributed by atoms with E-state index in [2.05, 4.69) is 276 Å². The molecule has 0 unspecified atom stereocenters. The third-order valence-electron chi connectivity index (χ3n) is 14.7. The molecule has 0 N–H and O–H groups in total. The molecule has 14 rings (SSSR count). The minimum Gasteiger partial charge on any atom is -0.309 e. The number of hydrogen-bond donors (Lipinski definition) is 0. The van der Waals surface area contributed by atoms with Crippen molar-refractivity contribution in [1.82, 2.24) is 4.57 Å². The molecule has 2 nitrogen and oxygen atoms in total. The van der Waals surface area contributed by atoms with Gasteiger partial charge in [-0.1, -0.05) is 206 Å². The molecule has 0 fully saturated rings. The zero-order valence-corrected chi connectivity index (χ0v) is 39.0. The lowest BCUT2D eigenvalue weighted by Crippen LogP contribution is -2.28. The SMILES string of the molecule is c1ccc(-c2ccc(N(c3ccc(-c4ccc5c(c4)c4ccccc4n5-c4ccc5c(c4)C(c4ccccc4)(c4ccccc4)c4ccccc4-5)cc3)c3cc4ccccc4c4ccccc34)s2)cc1. The lowest BCUT2D eigenvalue weighted by molar-refractivity contribution is 0.767. The fraction of sp³-hybridized carbons (Fsp3) is 0.0149. The Labute approximate surface area is 411 Å². The number of thiophene rings is 1. The first-order valence-electron chi connectivity index (χ1n) is 24.1. The highest BCUT2D eigenvalue weighted by atomic mass is 32.1. The van der Waals surface area contributed by atoms with Crippen LogP contribution in [-0.2, 0) is 5.41 Å². The van der Waals surface area contributed by atoms with Gasteiger partial charge in [0.05, 0.1) is 22.1 Å². The van der Waals surface area contributed by atoms with Crippen LogP contribution in [-0.4, -0.2) is 4.57 Å². The van der Waals surface area contributed by atoms with Crippen LogP contribution in [0.5, 0.6) is 0 Å². The van der Waals surface area contributed by atoms with Gasteiger partial charge < -0.3 is 9.47 Å². The summed E-state index contributed by atoms with van der Waals surface area (Å²) in [6, 6.07) is 98.5. The lowest BCUT2D eigenvalue weighted by atomic mass is 9.67. The smallest absolute Gasteiger partial charge is 0.101 e. The Morgan fingerprint density at radius 1 is 0.357 bits per heavy atom. The van der Waals surface area contributed by atoms with Crippen LogP contribution in [0.25, 0.3) is 81.7 Å². The largest absolute Gasteiger partial charge is 0.309 e. The first-order chi connectivity index (χ1) is 34.7. The molecule has 2 aromatic heterocycles. The maximum absolute atomic E-state index is 2.47. The van der Waals surface area contributed by atoms with Gasteiger partial charge in [0.1, 0.15) is 5.00 Å². The summed E-state index contributed by atoms with van der Waals surface area (Å²) in [6.45, 7) is 0. The van der Waals surface area contributed by atoms with Crippen LogP contribution in [0.3, 0.4) is 0 Å². The normalized spacial score (nSPS) is 12.7. The van der Waals surface area contributed by atoms with Crippen LogP contribution in [0.15, 0.2) is 267 Å². The molecule has 328 valence electrons. The minimum atomic E-state index is -0.479. The summed E-state index contributed by atoms with van der Waals surface area (Å²) >= 11 is 1.83. The van der Waals surface area contributed by atoms with Crippen molar-refractivity contribution in [3.63, 3.8) is 0 Å². The van der Waals surface area contributed by atoms with Crippen LogP contribution in [0.2, 0.25) is 0 Å². The van der Waals surface area contributed by atoms with Crippen molar-refractivity contribution in [2.45, 2.75) is 5.41 Å². The number of fused-ring (bicyclic) bond motifs is 9. The molecule has 1 aliphatic rings. The molecule has 0 spiro atoms. The molecule has 0 amide bonds. The number of benzene rings is 11. The van der Waals surface area contributed by atoms with Crippen molar-refractivity contribution in [3.05, 3.63) is 289 Å². The molecule has 1 aliphatic carbocycles. The van der Waals surface area contributed by atoms with E-state index in [9.17, 15) is 0 Å². The van der Waals surface area contributed by atoms with Gasteiger partial charge in [0.25, 0.3) is 0 Å². The first kappa shape index (κ1) is 40.3. The summed E-state index contributed by atoms with van der Waals surface area (Å²) in [5.74, 6) is 0. The van der Waals surface area contributed by atoms with E-state index in [-0.39, 0.29) is 0 Å². The average Bonchev–Trinajstić information content (AvgIpc) is 4.14. The third kappa shape index (κ3) is 6.19. The zero-order valence-electron chi connectivity index (χ0n) is 38.2. The van der Waals surface area contributed by atoms with Gasteiger partial charge in [-0.2, -0.15) is 0 Å². The second-order valence-corrected chi connectivity index (χ2v) is 19.5. The molecule has 0 atom stereocenters. The van der Waals surface area contributed by atoms with E-state index >= 15 is 0 Å². The zero-order chi connectivity index (χ0) is 46.2. The Hall–Kier alpha value is -8.76. The number of para-hydroxylation sites is 1. The molecule has 70 heavy (non-hydrogen) atoms. The van der Waals surface area contributed by atoms with Gasteiger partial charge in [0, 0.05) is 32.4 Å². The number of anilines is 3. The van der Waals surface area contributed by atoms with E-state index in [0.29, 0.717) is 0 Å². The van der Waals surface area contributed by atoms with E-state index in [0.717, 1.165) is 17.1 Å². The van der Waals surface area contributed by atoms with Gasteiger partial charge in [-0.05, 0) is 127 Å². The van der Waals surface area contributed by atoms with E-state index < -0.39 is 5.41 Å². The highest BCUT2D eigenvalue weighted by molar-refractivity contribution is 7.19. The molecule has 11 aromatic carbocycles. The monoisotopic (exact) mass is 908 g/mol. The van der Waals surface area contributed by atoms with Crippen molar-refractivity contribution in [2.75, 3.05) is 4.90 Å². The predicted molar refractivity (Wildman–Crippen MR) is 297 cm³/mol. The van der Waals surface area contributed by atoms with Gasteiger partial charge in [-0.3, -0.25) is 0 Å². The van der Waals surface area contributed by atoms with Crippen molar-refractivity contribution >= 4 is 71.1 Å². The first-order valence-corrected chi connectivity index (χ1v) is 24.9. The van der Waals surface area contributed by atoms with Gasteiger partial charge in [0.2, 0.25) is 0 Å². The second-order valence-electron chi connectivity index (χ2n) is 18.4.